The number of rotatable bonds is 6. The van der Waals surface area contributed by atoms with Crippen LogP contribution in [-0.2, 0) is 0 Å². The molecule has 0 amide bonds. The van der Waals surface area contributed by atoms with E-state index in [1.807, 2.05) is 0 Å². The topological polar surface area (TPSA) is 40.1 Å². The molecule has 26 heavy (non-hydrogen) atoms. The molecule has 2 aliphatic rings. The molecule has 0 aromatic heterocycles. The van der Waals surface area contributed by atoms with Crippen LogP contribution in [0.25, 0.3) is 0 Å². The number of benzene rings is 1. The smallest absolute Gasteiger partial charge is 0.193 e. The van der Waals surface area contributed by atoms with Gasteiger partial charge in [0, 0.05) is 19.6 Å². The van der Waals surface area contributed by atoms with Gasteiger partial charge in [-0.15, -0.1) is 0 Å². The summed E-state index contributed by atoms with van der Waals surface area (Å²) >= 11 is 0. The fourth-order valence-electron chi connectivity index (χ4n) is 4.02. The van der Waals surface area contributed by atoms with Gasteiger partial charge in [0.15, 0.2) is 5.96 Å². The molecule has 1 aromatic carbocycles. The minimum Gasteiger partial charge on any atom is -0.497 e. The van der Waals surface area contributed by atoms with Crippen LogP contribution in [0.3, 0.4) is 0 Å². The highest BCUT2D eigenvalue weighted by Gasteiger charge is 2.23. The molecule has 0 saturated carbocycles. The van der Waals surface area contributed by atoms with Crippen molar-refractivity contribution < 1.29 is 4.74 Å². The van der Waals surface area contributed by atoms with E-state index in [-0.39, 0.29) is 0 Å². The third-order valence-corrected chi connectivity index (χ3v) is 5.49. The fraction of sp³-hybridized carbons (Fsp3) is 0.667. The number of piperidine rings is 1. The molecule has 1 aromatic rings. The largest absolute Gasteiger partial charge is 0.497 e. The second-order valence-electron chi connectivity index (χ2n) is 7.27. The third-order valence-electron chi connectivity index (χ3n) is 5.49. The van der Waals surface area contributed by atoms with Gasteiger partial charge in [-0.25, -0.2) is 0 Å². The monoisotopic (exact) mass is 358 g/mol. The van der Waals surface area contributed by atoms with Crippen molar-refractivity contribution in [2.24, 2.45) is 4.99 Å². The minimum atomic E-state index is 0.345. The molecule has 0 aliphatic carbocycles. The Kier molecular flexibility index (Phi) is 7.18. The van der Waals surface area contributed by atoms with Gasteiger partial charge < -0.3 is 15.0 Å². The maximum Gasteiger partial charge on any atom is 0.193 e. The number of methoxy groups -OCH3 is 1. The molecule has 2 saturated heterocycles. The molecule has 0 radical (unpaired) electrons. The normalized spacial score (nSPS) is 20.2. The molecule has 5 nitrogen and oxygen atoms in total. The van der Waals surface area contributed by atoms with Crippen LogP contribution in [0.4, 0.5) is 0 Å². The van der Waals surface area contributed by atoms with E-state index in [0.29, 0.717) is 6.04 Å². The lowest BCUT2D eigenvalue weighted by molar-refractivity contribution is 0.167. The second kappa shape index (κ2) is 9.81. The van der Waals surface area contributed by atoms with E-state index in [1.54, 1.807) is 7.11 Å². The summed E-state index contributed by atoms with van der Waals surface area (Å²) in [6.07, 6.45) is 6.49. The highest BCUT2D eigenvalue weighted by atomic mass is 16.5. The molecule has 1 N–H and O–H groups in total. The molecule has 144 valence electrons. The highest BCUT2D eigenvalue weighted by Crippen LogP contribution is 2.27. The first kappa shape index (κ1) is 19.0. The number of guanidine groups is 1. The number of likely N-dealkylation sites (tertiary alicyclic amines) is 2. The van der Waals surface area contributed by atoms with E-state index in [4.69, 9.17) is 9.73 Å². The number of hydrogen-bond donors (Lipinski definition) is 1. The lowest BCUT2D eigenvalue weighted by Crippen LogP contribution is -2.41. The van der Waals surface area contributed by atoms with Gasteiger partial charge in [-0.05, 0) is 63.4 Å². The predicted octanol–water partition coefficient (Wildman–Crippen LogP) is 3.28. The molecule has 2 fully saturated rings. The van der Waals surface area contributed by atoms with E-state index in [0.717, 1.165) is 37.9 Å². The van der Waals surface area contributed by atoms with E-state index in [1.165, 1.54) is 50.8 Å². The summed E-state index contributed by atoms with van der Waals surface area (Å²) in [7, 11) is 1.72. The quantitative estimate of drug-likeness (QED) is 0.626. The number of nitrogens with zero attached hydrogens (tertiary/aromatic N) is 3. The Morgan fingerprint density at radius 2 is 1.69 bits per heavy atom. The standard InChI is InChI=1S/C21H34N4O/c1-3-22-21(25-15-7-8-16-25)23-17-20(24-13-5-4-6-14-24)18-9-11-19(26-2)12-10-18/h9-12,20H,3-8,13-17H2,1-2H3,(H,22,23). The van der Waals surface area contributed by atoms with Gasteiger partial charge in [0.05, 0.1) is 19.7 Å². The molecular weight excluding hydrogens is 324 g/mol. The Morgan fingerprint density at radius 3 is 2.31 bits per heavy atom. The Balaban J connectivity index is 1.78. The van der Waals surface area contributed by atoms with Gasteiger partial charge in [0.2, 0.25) is 0 Å². The van der Waals surface area contributed by atoms with Crippen LogP contribution in [0, 0.1) is 0 Å². The number of ether oxygens (including phenoxy) is 1. The maximum absolute atomic E-state index is 5.33. The number of aliphatic imine (C=N–C) groups is 1. The van der Waals surface area contributed by atoms with Crippen molar-refractivity contribution in [2.45, 2.75) is 45.1 Å². The van der Waals surface area contributed by atoms with Crippen molar-refractivity contribution in [1.29, 1.82) is 0 Å². The molecule has 3 rings (SSSR count). The highest BCUT2D eigenvalue weighted by molar-refractivity contribution is 5.80. The van der Waals surface area contributed by atoms with Crippen LogP contribution in [0.5, 0.6) is 5.75 Å². The summed E-state index contributed by atoms with van der Waals surface area (Å²) in [4.78, 5) is 10.1. The lowest BCUT2D eigenvalue weighted by Gasteiger charge is -2.34. The van der Waals surface area contributed by atoms with E-state index < -0.39 is 0 Å². The van der Waals surface area contributed by atoms with Gasteiger partial charge in [-0.2, -0.15) is 0 Å². The predicted molar refractivity (Wildman–Crippen MR) is 108 cm³/mol. The Hall–Kier alpha value is -1.75. The Morgan fingerprint density at radius 1 is 1.04 bits per heavy atom. The summed E-state index contributed by atoms with van der Waals surface area (Å²) in [6.45, 7) is 8.49. The average molecular weight is 359 g/mol. The van der Waals surface area contributed by atoms with Crippen molar-refractivity contribution in [3.8, 4) is 5.75 Å². The lowest BCUT2D eigenvalue weighted by atomic mass is 10.0. The van der Waals surface area contributed by atoms with Gasteiger partial charge in [-0.3, -0.25) is 9.89 Å². The number of hydrogen-bond acceptors (Lipinski definition) is 3. The zero-order chi connectivity index (χ0) is 18.2. The molecule has 2 aliphatic heterocycles. The summed E-state index contributed by atoms with van der Waals surface area (Å²) in [5.41, 5.74) is 1.34. The van der Waals surface area contributed by atoms with Gasteiger partial charge in [0.25, 0.3) is 0 Å². The van der Waals surface area contributed by atoms with E-state index >= 15 is 0 Å². The summed E-state index contributed by atoms with van der Waals surface area (Å²) in [5.74, 6) is 2.00. The van der Waals surface area contributed by atoms with Crippen LogP contribution in [0.15, 0.2) is 29.3 Å². The van der Waals surface area contributed by atoms with Gasteiger partial charge >= 0.3 is 0 Å². The summed E-state index contributed by atoms with van der Waals surface area (Å²) in [5, 5.41) is 3.49. The van der Waals surface area contributed by atoms with Crippen molar-refractivity contribution >= 4 is 5.96 Å². The van der Waals surface area contributed by atoms with Crippen LogP contribution in [-0.4, -0.2) is 62.1 Å². The minimum absolute atomic E-state index is 0.345. The molecule has 2 heterocycles. The van der Waals surface area contributed by atoms with Crippen LogP contribution >= 0.6 is 0 Å². The molecular formula is C21H34N4O. The first-order valence-electron chi connectivity index (χ1n) is 10.2. The molecule has 5 heteroatoms. The van der Waals surface area contributed by atoms with Gasteiger partial charge in [-0.1, -0.05) is 18.6 Å². The molecule has 1 unspecified atom stereocenters. The van der Waals surface area contributed by atoms with E-state index in [9.17, 15) is 0 Å². The zero-order valence-electron chi connectivity index (χ0n) is 16.4. The van der Waals surface area contributed by atoms with Crippen molar-refractivity contribution in [2.75, 3.05) is 46.4 Å². The fourth-order valence-corrected chi connectivity index (χ4v) is 4.02. The zero-order valence-corrected chi connectivity index (χ0v) is 16.4. The maximum atomic E-state index is 5.33. The van der Waals surface area contributed by atoms with Crippen LogP contribution in [0.2, 0.25) is 0 Å². The van der Waals surface area contributed by atoms with Crippen molar-refractivity contribution in [3.63, 3.8) is 0 Å². The van der Waals surface area contributed by atoms with Crippen LogP contribution < -0.4 is 10.1 Å². The first-order valence-corrected chi connectivity index (χ1v) is 10.2. The molecule has 1 atom stereocenters. The molecule has 0 bridgehead atoms. The van der Waals surface area contributed by atoms with Crippen molar-refractivity contribution in [3.05, 3.63) is 29.8 Å². The summed E-state index contributed by atoms with van der Waals surface area (Å²) < 4.78 is 5.33. The third kappa shape index (κ3) is 4.91. The average Bonchev–Trinajstić information content (AvgIpc) is 3.23. The number of nitrogens with one attached hydrogen (secondary N) is 1. The summed E-state index contributed by atoms with van der Waals surface area (Å²) in [6, 6.07) is 8.90. The molecule has 0 spiro atoms. The SMILES string of the molecule is CCNC(=NCC(c1ccc(OC)cc1)N1CCCCC1)N1CCCC1. The van der Waals surface area contributed by atoms with Crippen molar-refractivity contribution in [1.82, 2.24) is 15.1 Å². The van der Waals surface area contributed by atoms with Crippen LogP contribution in [0.1, 0.15) is 50.6 Å². The Bertz CT molecular complexity index is 560. The Labute approximate surface area is 158 Å². The first-order chi connectivity index (χ1) is 12.8. The van der Waals surface area contributed by atoms with E-state index in [2.05, 4.69) is 46.3 Å². The second-order valence-corrected chi connectivity index (χ2v) is 7.27. The van der Waals surface area contributed by atoms with Gasteiger partial charge in [0.1, 0.15) is 5.75 Å².